The van der Waals surface area contributed by atoms with E-state index in [0.29, 0.717) is 6.42 Å². The summed E-state index contributed by atoms with van der Waals surface area (Å²) in [4.78, 5) is 29.1. The van der Waals surface area contributed by atoms with Gasteiger partial charge in [0.1, 0.15) is 24.0 Å². The van der Waals surface area contributed by atoms with Crippen LogP contribution in [0.4, 0.5) is 18.9 Å². The summed E-state index contributed by atoms with van der Waals surface area (Å²) in [5.74, 6) is -1.08. The summed E-state index contributed by atoms with van der Waals surface area (Å²) in [6, 6.07) is 4.13. The van der Waals surface area contributed by atoms with Crippen LogP contribution in [0.15, 0.2) is 41.6 Å². The molecule has 3 aromatic rings. The van der Waals surface area contributed by atoms with Gasteiger partial charge in [0.25, 0.3) is 5.56 Å². The summed E-state index contributed by atoms with van der Waals surface area (Å²) in [7, 11) is -3.15. The number of amides is 1. The van der Waals surface area contributed by atoms with Gasteiger partial charge < -0.3 is 10.1 Å². The largest absolute Gasteiger partial charge is 0.573 e. The van der Waals surface area contributed by atoms with Crippen LogP contribution in [0.5, 0.6) is 5.75 Å². The number of nitrogens with one attached hydrogen (secondary N) is 1. The number of halogens is 3. The number of fused-ring (bicyclic) bond motifs is 1. The molecule has 10 nitrogen and oxygen atoms in total. The molecule has 1 aliphatic rings. The van der Waals surface area contributed by atoms with E-state index >= 15 is 0 Å². The molecule has 1 saturated heterocycles. The van der Waals surface area contributed by atoms with E-state index in [1.807, 2.05) is 0 Å². The number of benzene rings is 1. The lowest BCUT2D eigenvalue weighted by Crippen LogP contribution is -2.28. The number of alkyl halides is 3. The number of nitrogens with zero attached hydrogens (tertiary/aromatic N) is 4. The van der Waals surface area contributed by atoms with Gasteiger partial charge in [-0.05, 0) is 30.7 Å². The Bertz CT molecular complexity index is 1330. The van der Waals surface area contributed by atoms with Gasteiger partial charge in [-0.25, -0.2) is 18.1 Å². The van der Waals surface area contributed by atoms with Gasteiger partial charge in [-0.2, -0.15) is 5.10 Å². The fourth-order valence-electron chi connectivity index (χ4n) is 3.41. The monoisotopic (exact) mass is 471 g/mol. The molecule has 0 unspecified atom stereocenters. The zero-order valence-electron chi connectivity index (χ0n) is 16.2. The maximum atomic E-state index is 12.7. The van der Waals surface area contributed by atoms with Crippen molar-refractivity contribution in [3.63, 3.8) is 0 Å². The maximum Gasteiger partial charge on any atom is 0.573 e. The molecule has 1 aliphatic heterocycles. The van der Waals surface area contributed by atoms with Crippen LogP contribution >= 0.6 is 0 Å². The maximum absolute atomic E-state index is 12.7. The Morgan fingerprint density at radius 2 is 1.97 bits per heavy atom. The van der Waals surface area contributed by atoms with Crippen molar-refractivity contribution in [3.8, 4) is 5.75 Å². The van der Waals surface area contributed by atoms with Crippen LogP contribution in [0.25, 0.3) is 11.0 Å². The normalized spacial score (nSPS) is 18.0. The number of sulfone groups is 1. The van der Waals surface area contributed by atoms with E-state index in [9.17, 15) is 31.2 Å². The van der Waals surface area contributed by atoms with E-state index in [-0.39, 0.29) is 28.2 Å². The van der Waals surface area contributed by atoms with Crippen LogP contribution in [0.2, 0.25) is 0 Å². The first-order valence-corrected chi connectivity index (χ1v) is 11.1. The van der Waals surface area contributed by atoms with Gasteiger partial charge in [-0.15, -0.1) is 13.2 Å². The van der Waals surface area contributed by atoms with E-state index in [0.717, 1.165) is 23.0 Å². The molecule has 0 bridgehead atoms. The van der Waals surface area contributed by atoms with Gasteiger partial charge in [0.2, 0.25) is 5.91 Å². The highest BCUT2D eigenvalue weighted by molar-refractivity contribution is 7.91. The third-order valence-electron chi connectivity index (χ3n) is 4.82. The zero-order chi connectivity index (χ0) is 23.1. The second-order valence-corrected chi connectivity index (χ2v) is 9.41. The molecule has 2 aromatic heterocycles. The molecule has 0 spiro atoms. The van der Waals surface area contributed by atoms with Crippen molar-refractivity contribution in [1.29, 1.82) is 0 Å². The molecular formula is C18H16F3N5O5S. The van der Waals surface area contributed by atoms with Crippen LogP contribution in [0.1, 0.15) is 12.5 Å². The number of carbonyl (C=O) groups excluding carboxylic acids is 1. The number of rotatable bonds is 5. The van der Waals surface area contributed by atoms with Crippen molar-refractivity contribution < 1.29 is 31.1 Å². The molecule has 170 valence electrons. The number of aromatic nitrogens is 4. The van der Waals surface area contributed by atoms with Crippen molar-refractivity contribution in [2.75, 3.05) is 16.8 Å². The average molecular weight is 471 g/mol. The summed E-state index contributed by atoms with van der Waals surface area (Å²) in [5, 5.41) is 6.71. The molecule has 14 heteroatoms. The molecule has 0 aliphatic carbocycles. The molecule has 32 heavy (non-hydrogen) atoms. The number of hydrogen-bond donors (Lipinski definition) is 1. The lowest BCUT2D eigenvalue weighted by atomic mass is 10.3. The van der Waals surface area contributed by atoms with Crippen molar-refractivity contribution in [2.45, 2.75) is 25.4 Å². The average Bonchev–Trinajstić information content (AvgIpc) is 3.27. The van der Waals surface area contributed by atoms with Gasteiger partial charge in [-0.1, -0.05) is 0 Å². The molecular weight excluding hydrogens is 455 g/mol. The van der Waals surface area contributed by atoms with Crippen LogP contribution in [0.3, 0.4) is 0 Å². The van der Waals surface area contributed by atoms with E-state index in [2.05, 4.69) is 20.1 Å². The molecule has 1 amide bonds. The third-order valence-corrected chi connectivity index (χ3v) is 6.57. The summed E-state index contributed by atoms with van der Waals surface area (Å²) >= 11 is 0. The molecule has 4 rings (SSSR count). The molecule has 3 heterocycles. The van der Waals surface area contributed by atoms with E-state index in [4.69, 9.17) is 0 Å². The van der Waals surface area contributed by atoms with Gasteiger partial charge in [0, 0.05) is 5.69 Å². The second kappa shape index (κ2) is 7.93. The Hall–Kier alpha value is -3.42. The Morgan fingerprint density at radius 1 is 1.25 bits per heavy atom. The summed E-state index contributed by atoms with van der Waals surface area (Å²) in [6.07, 6.45) is -2.01. The first kappa shape index (κ1) is 21.8. The van der Waals surface area contributed by atoms with E-state index in [1.165, 1.54) is 23.0 Å². The number of carbonyl (C=O) groups is 1. The predicted octanol–water partition coefficient (Wildman–Crippen LogP) is 1.49. The molecule has 0 saturated carbocycles. The molecule has 1 fully saturated rings. The molecule has 1 atom stereocenters. The number of anilines is 1. The fourth-order valence-corrected chi connectivity index (χ4v) is 5.10. The summed E-state index contributed by atoms with van der Waals surface area (Å²) in [6.45, 7) is -0.397. The lowest BCUT2D eigenvalue weighted by Gasteiger charge is -2.11. The van der Waals surface area contributed by atoms with E-state index in [1.54, 1.807) is 0 Å². The van der Waals surface area contributed by atoms with Gasteiger partial charge in [-0.3, -0.25) is 14.2 Å². The Morgan fingerprint density at radius 3 is 2.59 bits per heavy atom. The first-order chi connectivity index (χ1) is 15.0. The summed E-state index contributed by atoms with van der Waals surface area (Å²) in [5.41, 5.74) is -0.0953. The fraction of sp³-hybridized carbons (Fsp3) is 0.333. The van der Waals surface area contributed by atoms with Crippen molar-refractivity contribution in [3.05, 3.63) is 47.1 Å². The van der Waals surface area contributed by atoms with Crippen LogP contribution in [0, 0.1) is 0 Å². The Kier molecular flexibility index (Phi) is 5.40. The second-order valence-electron chi connectivity index (χ2n) is 7.18. The van der Waals surface area contributed by atoms with Crippen molar-refractivity contribution in [2.24, 2.45) is 0 Å². The van der Waals surface area contributed by atoms with Crippen molar-refractivity contribution in [1.82, 2.24) is 19.3 Å². The Labute approximate surface area is 178 Å². The SMILES string of the molecule is O=C(Cn1cnc2c(cnn2[C@H]2CCS(=O)(=O)C2)c1=O)Nc1ccc(OC(F)(F)F)cc1. The first-order valence-electron chi connectivity index (χ1n) is 9.29. The highest BCUT2D eigenvalue weighted by Crippen LogP contribution is 2.25. The highest BCUT2D eigenvalue weighted by Gasteiger charge is 2.32. The lowest BCUT2D eigenvalue weighted by molar-refractivity contribution is -0.274. The minimum Gasteiger partial charge on any atom is -0.406 e. The van der Waals surface area contributed by atoms with Gasteiger partial charge in [0.05, 0.1) is 23.7 Å². The number of hydrogen-bond acceptors (Lipinski definition) is 7. The zero-order valence-corrected chi connectivity index (χ0v) is 17.1. The molecule has 1 N–H and O–H groups in total. The molecule has 0 radical (unpaired) electrons. The summed E-state index contributed by atoms with van der Waals surface area (Å²) < 4.78 is 66.3. The highest BCUT2D eigenvalue weighted by atomic mass is 32.2. The minimum absolute atomic E-state index is 0.0412. The third kappa shape index (κ3) is 4.74. The van der Waals surface area contributed by atoms with Gasteiger partial charge in [0.15, 0.2) is 15.5 Å². The van der Waals surface area contributed by atoms with Gasteiger partial charge >= 0.3 is 6.36 Å². The topological polar surface area (TPSA) is 125 Å². The molecule has 1 aromatic carbocycles. The smallest absolute Gasteiger partial charge is 0.406 e. The quantitative estimate of drug-likeness (QED) is 0.598. The van der Waals surface area contributed by atoms with Crippen LogP contribution in [-0.4, -0.2) is 51.5 Å². The van der Waals surface area contributed by atoms with Crippen LogP contribution in [-0.2, 0) is 21.2 Å². The standard InChI is InChI=1S/C18H16F3N5O5S/c19-18(20,21)31-13-3-1-11(2-4-13)24-15(27)8-25-10-22-16-14(17(25)28)7-23-26(16)12-5-6-32(29,30)9-12/h1-4,7,10,12H,5-6,8-9H2,(H,24,27)/t12-/m0/s1. The van der Waals surface area contributed by atoms with Crippen molar-refractivity contribution >= 4 is 32.5 Å². The minimum atomic E-state index is -4.82. The Balaban J connectivity index is 1.47. The predicted molar refractivity (Wildman–Crippen MR) is 106 cm³/mol. The van der Waals surface area contributed by atoms with E-state index < -0.39 is 46.0 Å². The number of ether oxygens (including phenoxy) is 1. The van der Waals surface area contributed by atoms with Crippen LogP contribution < -0.4 is 15.6 Å².